The number of carbonyl (C=O) groups is 12. The molecule has 464 valence electrons. The Morgan fingerprint density at radius 3 is 1.65 bits per heavy atom. The Balaban J connectivity index is 1.84. The van der Waals surface area contributed by atoms with E-state index in [0.717, 1.165) is 0 Å². The molecule has 84 heavy (non-hydrogen) atoms. The number of unbranched alkanes of at least 4 members (excludes halogenated alkanes) is 1. The summed E-state index contributed by atoms with van der Waals surface area (Å²) in [6.45, 7) is 10.6. The van der Waals surface area contributed by atoms with Gasteiger partial charge in [0.2, 0.25) is 53.2 Å². The van der Waals surface area contributed by atoms with Crippen molar-refractivity contribution in [2.24, 2.45) is 23.5 Å². The second kappa shape index (κ2) is 34.1. The maximum Gasteiger partial charge on any atom is 0.326 e. The first-order valence-corrected chi connectivity index (χ1v) is 28.4. The van der Waals surface area contributed by atoms with E-state index in [1.807, 2.05) is 6.92 Å². The highest BCUT2D eigenvalue weighted by molar-refractivity contribution is 7.80. The molecule has 0 aromatic heterocycles. The number of fused-ring (bicyclic) bond motifs is 1. The summed E-state index contributed by atoms with van der Waals surface area (Å²) < 4.78 is 0. The number of carboxylic acid groups (broad SMARTS) is 3. The molecular weight excluding hydrogens is 1120 g/mol. The van der Waals surface area contributed by atoms with E-state index in [4.69, 9.17) is 10.8 Å². The summed E-state index contributed by atoms with van der Waals surface area (Å²) in [7, 11) is 0. The van der Waals surface area contributed by atoms with E-state index in [0.29, 0.717) is 29.5 Å². The number of carboxylic acids is 3. The maximum absolute atomic E-state index is 14.8. The highest BCUT2D eigenvalue weighted by atomic mass is 32.1. The third kappa shape index (κ3) is 22.0. The SMILES string of the molecule is CCCC[C@H](NC(=O)[C@@H]1Cc2ccccc2CN1C(=O)[C@H](CS)NC(=O)[C@H](CC(C)C)NC(=O)[C@@H](NC(=O)[C@@H](NC(=O)[C@H](CC(=O)O)NC(=O)[C@@H](N)CCC(=O)O)C(C)C)C(C)C)C(=O)N[C@@H](CO)C(=O)N[C@@H](Cc1ccc(O)cc1)C(=O)O. The van der Waals surface area contributed by atoms with E-state index < -0.39 is 163 Å². The van der Waals surface area contributed by atoms with E-state index in [9.17, 15) is 78.0 Å². The Labute approximate surface area is 492 Å². The fraction of sp³-hybridized carbons (Fsp3) is 0.571. The minimum atomic E-state index is -1.74. The van der Waals surface area contributed by atoms with Crippen molar-refractivity contribution in [3.63, 3.8) is 0 Å². The maximum atomic E-state index is 14.8. The summed E-state index contributed by atoms with van der Waals surface area (Å²) in [6, 6.07) is -1.79. The Bertz CT molecular complexity index is 2660. The number of carbonyl (C=O) groups excluding carboxylic acids is 9. The number of benzene rings is 2. The number of hydrogen-bond acceptors (Lipinski definition) is 16. The lowest BCUT2D eigenvalue weighted by atomic mass is 9.92. The number of phenols is 1. The number of nitrogens with zero attached hydrogens (tertiary/aromatic N) is 1. The summed E-state index contributed by atoms with van der Waals surface area (Å²) in [6.07, 6.45) is -0.945. The van der Waals surface area contributed by atoms with E-state index in [1.54, 1.807) is 65.8 Å². The molecule has 1 heterocycles. The van der Waals surface area contributed by atoms with Crippen molar-refractivity contribution in [1.29, 1.82) is 0 Å². The molecule has 15 N–H and O–H groups in total. The number of hydrogen-bond donors (Lipinski definition) is 15. The summed E-state index contributed by atoms with van der Waals surface area (Å²) in [5.41, 5.74) is 7.60. The van der Waals surface area contributed by atoms with E-state index in [1.165, 1.54) is 29.2 Å². The lowest BCUT2D eigenvalue weighted by Crippen LogP contribution is -2.63. The van der Waals surface area contributed by atoms with E-state index in [2.05, 4.69) is 55.2 Å². The molecule has 0 unspecified atom stereocenters. The molecule has 1 aliphatic rings. The van der Waals surface area contributed by atoms with Gasteiger partial charge >= 0.3 is 17.9 Å². The first-order chi connectivity index (χ1) is 39.5. The topological polar surface area (TPSA) is 431 Å². The molecule has 2 aromatic rings. The summed E-state index contributed by atoms with van der Waals surface area (Å²) in [5.74, 6) is -14.2. The van der Waals surface area contributed by atoms with Gasteiger partial charge in [0, 0.05) is 31.6 Å². The molecule has 27 nitrogen and oxygen atoms in total. The fourth-order valence-electron chi connectivity index (χ4n) is 9.00. The van der Waals surface area contributed by atoms with Gasteiger partial charge in [-0.25, -0.2) is 4.79 Å². The number of phenolic OH excluding ortho intramolecular Hbond substituents is 1. The number of aliphatic carboxylic acids is 3. The van der Waals surface area contributed by atoms with Crippen LogP contribution in [0.4, 0.5) is 0 Å². The molecule has 0 radical (unpaired) electrons. The van der Waals surface area contributed by atoms with Crippen LogP contribution in [-0.4, -0.2) is 174 Å². The number of thiol groups is 1. The van der Waals surface area contributed by atoms with Crippen LogP contribution < -0.4 is 48.3 Å². The predicted octanol–water partition coefficient (Wildman–Crippen LogP) is -1.01. The summed E-state index contributed by atoms with van der Waals surface area (Å²) >= 11 is 4.41. The van der Waals surface area contributed by atoms with Gasteiger partial charge < -0.3 is 78.7 Å². The minimum absolute atomic E-state index is 0.0211. The Morgan fingerprint density at radius 1 is 0.607 bits per heavy atom. The lowest BCUT2D eigenvalue weighted by Gasteiger charge is -2.38. The van der Waals surface area contributed by atoms with Crippen molar-refractivity contribution in [2.45, 2.75) is 173 Å². The predicted molar refractivity (Wildman–Crippen MR) is 306 cm³/mol. The molecule has 10 atom stereocenters. The van der Waals surface area contributed by atoms with Gasteiger partial charge in [0.05, 0.1) is 19.1 Å². The summed E-state index contributed by atoms with van der Waals surface area (Å²) in [5, 5.41) is 68.2. The van der Waals surface area contributed by atoms with Gasteiger partial charge in [-0.15, -0.1) is 0 Å². The van der Waals surface area contributed by atoms with Crippen LogP contribution in [0.25, 0.3) is 0 Å². The smallest absolute Gasteiger partial charge is 0.326 e. The van der Waals surface area contributed by atoms with Crippen LogP contribution in [-0.2, 0) is 76.9 Å². The van der Waals surface area contributed by atoms with Crippen LogP contribution in [0.3, 0.4) is 0 Å². The van der Waals surface area contributed by atoms with E-state index in [-0.39, 0.29) is 56.1 Å². The monoisotopic (exact) mass is 1200 g/mol. The average molecular weight is 1200 g/mol. The zero-order valence-electron chi connectivity index (χ0n) is 48.2. The van der Waals surface area contributed by atoms with Crippen LogP contribution in [0.2, 0.25) is 0 Å². The van der Waals surface area contributed by atoms with Crippen molar-refractivity contribution >= 4 is 83.7 Å². The number of amides is 9. The van der Waals surface area contributed by atoms with Crippen LogP contribution in [0.15, 0.2) is 48.5 Å². The minimum Gasteiger partial charge on any atom is -0.508 e. The number of nitrogens with one attached hydrogen (secondary N) is 8. The van der Waals surface area contributed by atoms with Crippen LogP contribution in [0, 0.1) is 17.8 Å². The highest BCUT2D eigenvalue weighted by Gasteiger charge is 2.41. The van der Waals surface area contributed by atoms with Crippen molar-refractivity contribution in [3.05, 3.63) is 65.2 Å². The van der Waals surface area contributed by atoms with Gasteiger partial charge in [-0.3, -0.25) is 52.7 Å². The molecule has 1 aliphatic heterocycles. The van der Waals surface area contributed by atoms with Gasteiger partial charge in [0.25, 0.3) is 0 Å². The number of aliphatic hydroxyl groups excluding tert-OH is 1. The van der Waals surface area contributed by atoms with E-state index >= 15 is 0 Å². The fourth-order valence-corrected chi connectivity index (χ4v) is 9.25. The third-order valence-corrected chi connectivity index (χ3v) is 14.1. The van der Waals surface area contributed by atoms with Crippen LogP contribution in [0.1, 0.15) is 110 Å². The first kappa shape index (κ1) is 70.4. The Kier molecular flexibility index (Phi) is 28.5. The average Bonchev–Trinajstić information content (AvgIpc) is 2.01. The quantitative estimate of drug-likeness (QED) is 0.0373. The van der Waals surface area contributed by atoms with Crippen molar-refractivity contribution in [2.75, 3.05) is 12.4 Å². The zero-order chi connectivity index (χ0) is 63.1. The van der Waals surface area contributed by atoms with Gasteiger partial charge in [-0.1, -0.05) is 97.7 Å². The molecule has 0 saturated carbocycles. The molecule has 2 aromatic carbocycles. The molecule has 9 amide bonds. The van der Waals surface area contributed by atoms with Gasteiger partial charge in [0.15, 0.2) is 0 Å². The van der Waals surface area contributed by atoms with Gasteiger partial charge in [-0.05, 0) is 65.8 Å². The Hall–Kier alpha value is -7.85. The zero-order valence-corrected chi connectivity index (χ0v) is 49.1. The largest absolute Gasteiger partial charge is 0.508 e. The number of rotatable bonds is 34. The molecule has 28 heteroatoms. The lowest BCUT2D eigenvalue weighted by molar-refractivity contribution is -0.145. The molecule has 0 bridgehead atoms. The number of nitrogens with two attached hydrogens (primary N) is 1. The van der Waals surface area contributed by atoms with Crippen molar-refractivity contribution in [1.82, 2.24) is 47.4 Å². The van der Waals surface area contributed by atoms with Crippen molar-refractivity contribution < 1.29 is 83.1 Å². The number of aliphatic hydroxyl groups is 1. The summed E-state index contributed by atoms with van der Waals surface area (Å²) in [4.78, 5) is 161. The van der Waals surface area contributed by atoms with Crippen molar-refractivity contribution in [3.8, 4) is 5.75 Å². The molecular formula is C56H82N10O17S. The van der Waals surface area contributed by atoms with Gasteiger partial charge in [-0.2, -0.15) is 12.6 Å². The van der Waals surface area contributed by atoms with Gasteiger partial charge in [0.1, 0.15) is 60.1 Å². The first-order valence-electron chi connectivity index (χ1n) is 27.7. The van der Waals surface area contributed by atoms with Crippen LogP contribution in [0.5, 0.6) is 5.75 Å². The highest BCUT2D eigenvalue weighted by Crippen LogP contribution is 2.25. The second-order valence-electron chi connectivity index (χ2n) is 21.8. The molecule has 0 spiro atoms. The normalized spacial score (nSPS) is 16.2. The molecule has 3 rings (SSSR count). The molecule has 0 saturated heterocycles. The number of aromatic hydroxyl groups is 1. The molecule has 0 aliphatic carbocycles. The Morgan fingerprint density at radius 2 is 1.12 bits per heavy atom. The second-order valence-corrected chi connectivity index (χ2v) is 22.1. The molecule has 0 fully saturated rings. The third-order valence-electron chi connectivity index (χ3n) is 13.8. The standard InChI is InChI=1S/C56H82N10O17S/c1-8-9-14-36(48(74)62-40(26-67)51(77)61-39(56(82)83)22-31-15-17-34(68)18-16-31)58-52(78)42-23-32-12-10-11-13-33(32)25-66(42)55(81)41(27-84)63-49(75)37(21-28(2)3)60-53(79)45(29(4)5)65-54(80)46(30(6)7)64-50(76)38(24-44(71)72)59-47(73)35(57)19-20-43(69)70/h10-13,15-18,28-30,35-42,45-46,67-68,84H,8-9,14,19-27,57H2,1-7H3,(H,58,78)(H,59,73)(H,60,79)(H,61,77)(H,62,74)(H,63,75)(H,64,76)(H,65,80)(H,69,70)(H,71,72)(H,82,83)/t35-,36-,37-,38-,39-,40-,41-,42-,45-,46-/m0/s1. The van der Waals surface area contributed by atoms with Crippen LogP contribution >= 0.6 is 12.6 Å².